The number of carboxylic acid groups (broad SMARTS) is 1. The third kappa shape index (κ3) is 56.6. The van der Waals surface area contributed by atoms with Crippen molar-refractivity contribution in [1.29, 1.82) is 0 Å². The predicted molar refractivity (Wildman–Crippen MR) is 306 cm³/mol. The van der Waals surface area contributed by atoms with Crippen LogP contribution < -0.4 is 5.11 Å². The summed E-state index contributed by atoms with van der Waals surface area (Å²) in [5, 5.41) is 11.8. The summed E-state index contributed by atoms with van der Waals surface area (Å²) in [6.45, 7) is 4.67. The first kappa shape index (κ1) is 70.0. The van der Waals surface area contributed by atoms with Crippen LogP contribution in [0.4, 0.5) is 0 Å². The summed E-state index contributed by atoms with van der Waals surface area (Å²) in [5.74, 6) is -2.27. The Kier molecular flexibility index (Phi) is 53.0. The molecule has 0 N–H and O–H groups in total. The number of carbonyl (C=O) groups excluding carboxylic acids is 3. The van der Waals surface area contributed by atoms with Gasteiger partial charge in [-0.25, -0.2) is 0 Å². The van der Waals surface area contributed by atoms with Crippen LogP contribution in [0.5, 0.6) is 0 Å². The molecule has 0 heterocycles. The van der Waals surface area contributed by atoms with Crippen LogP contribution in [-0.2, 0) is 33.3 Å². The number of ether oxygens (including phenoxy) is 4. The van der Waals surface area contributed by atoms with Crippen LogP contribution in [0.3, 0.4) is 0 Å². The van der Waals surface area contributed by atoms with Crippen LogP contribution in [-0.4, -0.2) is 82.3 Å². The Morgan fingerprint density at radius 2 is 0.781 bits per heavy atom. The molecule has 9 nitrogen and oxygen atoms in total. The monoisotopic (exact) mass is 1030 g/mol. The molecule has 0 aliphatic carbocycles. The summed E-state index contributed by atoms with van der Waals surface area (Å²) in [5.41, 5.74) is 0. The molecule has 0 saturated heterocycles. The molecule has 0 rings (SSSR count). The largest absolute Gasteiger partial charge is 0.545 e. The minimum absolute atomic E-state index is 0.147. The standard InChI is InChI=1S/C64H115NO8/c1-6-8-10-12-14-16-18-20-22-24-26-28-29-30-31-32-33-35-37-39-41-43-45-47-49-51-53-55-62(67)73-60(59-72-64(63(68)69)70-57-56-65(3,4)5)58-71-61(66)54-52-50-48-46-44-42-40-38-36-34-27-25-23-21-19-17-15-13-11-9-7-2/h8,10,14,16,20,22,26,28,30-31,60,64H,6-7,9,11-13,15,17-19,21,23-25,27,29,32-59H2,1-5H3/b10-8-,16-14-,22-20-,28-26-,31-30-. The van der Waals surface area contributed by atoms with Crippen molar-refractivity contribution in [1.82, 2.24) is 0 Å². The highest BCUT2D eigenvalue weighted by Gasteiger charge is 2.22. The highest BCUT2D eigenvalue weighted by atomic mass is 16.7. The normalized spacial score (nSPS) is 13.2. The fourth-order valence-electron chi connectivity index (χ4n) is 8.62. The fourth-order valence-corrected chi connectivity index (χ4v) is 8.62. The van der Waals surface area contributed by atoms with Gasteiger partial charge in [0.05, 0.1) is 40.3 Å². The van der Waals surface area contributed by atoms with Crippen molar-refractivity contribution in [2.24, 2.45) is 0 Å². The first-order valence-electron chi connectivity index (χ1n) is 30.4. The van der Waals surface area contributed by atoms with Gasteiger partial charge < -0.3 is 33.3 Å². The van der Waals surface area contributed by atoms with Crippen LogP contribution >= 0.6 is 0 Å². The zero-order valence-electron chi connectivity index (χ0n) is 48.3. The molecule has 0 aromatic heterocycles. The number of carboxylic acids is 1. The zero-order valence-corrected chi connectivity index (χ0v) is 48.3. The summed E-state index contributed by atoms with van der Waals surface area (Å²) in [7, 11) is 5.93. The van der Waals surface area contributed by atoms with Crippen LogP contribution in [0, 0.1) is 0 Å². The lowest BCUT2D eigenvalue weighted by Gasteiger charge is -2.26. The molecular formula is C64H115NO8. The number of unbranched alkanes of at least 4 members (excludes halogenated alkanes) is 31. The molecule has 9 heteroatoms. The summed E-state index contributed by atoms with van der Waals surface area (Å²) < 4.78 is 22.7. The molecule has 0 bridgehead atoms. The number of aliphatic carboxylic acids is 1. The molecule has 0 radical (unpaired) electrons. The Morgan fingerprint density at radius 1 is 0.425 bits per heavy atom. The van der Waals surface area contributed by atoms with Gasteiger partial charge in [0.2, 0.25) is 0 Å². The minimum atomic E-state index is -1.62. The van der Waals surface area contributed by atoms with Crippen LogP contribution in [0.2, 0.25) is 0 Å². The first-order valence-corrected chi connectivity index (χ1v) is 30.4. The van der Waals surface area contributed by atoms with Gasteiger partial charge in [0.15, 0.2) is 12.4 Å². The lowest BCUT2D eigenvalue weighted by atomic mass is 10.0. The number of hydrogen-bond donors (Lipinski definition) is 0. The Morgan fingerprint density at radius 3 is 1.16 bits per heavy atom. The van der Waals surface area contributed by atoms with Crippen LogP contribution in [0.15, 0.2) is 60.8 Å². The van der Waals surface area contributed by atoms with E-state index in [-0.39, 0.29) is 32.2 Å². The van der Waals surface area contributed by atoms with E-state index >= 15 is 0 Å². The molecule has 0 aliphatic rings. The van der Waals surface area contributed by atoms with E-state index in [1.54, 1.807) is 0 Å². The number of quaternary nitrogens is 1. The molecule has 2 unspecified atom stereocenters. The van der Waals surface area contributed by atoms with Crippen molar-refractivity contribution in [2.75, 3.05) is 47.5 Å². The van der Waals surface area contributed by atoms with Gasteiger partial charge in [-0.3, -0.25) is 9.59 Å². The van der Waals surface area contributed by atoms with Gasteiger partial charge in [-0.1, -0.05) is 261 Å². The minimum Gasteiger partial charge on any atom is -0.545 e. The van der Waals surface area contributed by atoms with Gasteiger partial charge in [-0.2, -0.15) is 0 Å². The van der Waals surface area contributed by atoms with Gasteiger partial charge in [0.25, 0.3) is 0 Å². The molecule has 0 saturated carbocycles. The maximum atomic E-state index is 12.9. The second kappa shape index (κ2) is 55.2. The quantitative estimate of drug-likeness (QED) is 0.0195. The third-order valence-corrected chi connectivity index (χ3v) is 13.3. The van der Waals surface area contributed by atoms with Gasteiger partial charge in [0, 0.05) is 12.8 Å². The number of rotatable bonds is 56. The maximum absolute atomic E-state index is 12.9. The van der Waals surface area contributed by atoms with Crippen LogP contribution in [0.1, 0.15) is 271 Å². The molecule has 0 aromatic rings. The smallest absolute Gasteiger partial charge is 0.306 e. The number of allylic oxidation sites excluding steroid dienone is 10. The first-order chi connectivity index (χ1) is 35.6. The molecule has 2 atom stereocenters. The number of esters is 2. The Bertz CT molecular complexity index is 1380. The van der Waals surface area contributed by atoms with Gasteiger partial charge in [-0.05, 0) is 57.8 Å². The average molecular weight is 1030 g/mol. The fraction of sp³-hybridized carbons (Fsp3) is 0.797. The van der Waals surface area contributed by atoms with Crippen molar-refractivity contribution in [3.05, 3.63) is 60.8 Å². The Hall–Kier alpha value is -3.01. The highest BCUT2D eigenvalue weighted by Crippen LogP contribution is 2.17. The summed E-state index contributed by atoms with van der Waals surface area (Å²) in [4.78, 5) is 37.3. The second-order valence-corrected chi connectivity index (χ2v) is 21.6. The van der Waals surface area contributed by atoms with Crippen LogP contribution in [0.25, 0.3) is 0 Å². The molecule has 0 fully saturated rings. The third-order valence-electron chi connectivity index (χ3n) is 13.3. The number of hydrogen-bond acceptors (Lipinski definition) is 8. The molecule has 424 valence electrons. The summed E-state index contributed by atoms with van der Waals surface area (Å²) in [6.07, 6.45) is 67.0. The van der Waals surface area contributed by atoms with E-state index < -0.39 is 24.3 Å². The van der Waals surface area contributed by atoms with E-state index in [1.165, 1.54) is 161 Å². The SMILES string of the molecule is CC/C=C\C/C=C\C/C=C\C/C=C\C/C=C\CCCCCCCCCCCCCC(=O)OC(COC(=O)CCCCCCCCCCCCCCCCCCCCCCC)COC(OCC[N+](C)(C)C)C(=O)[O-]. The van der Waals surface area contributed by atoms with Gasteiger partial charge in [0.1, 0.15) is 13.2 Å². The van der Waals surface area contributed by atoms with E-state index in [0.717, 1.165) is 77.0 Å². The number of nitrogens with zero attached hydrogens (tertiary/aromatic N) is 1. The van der Waals surface area contributed by atoms with E-state index in [0.29, 0.717) is 23.9 Å². The van der Waals surface area contributed by atoms with Crippen molar-refractivity contribution < 1.29 is 42.9 Å². The van der Waals surface area contributed by atoms with Gasteiger partial charge >= 0.3 is 11.9 Å². The topological polar surface area (TPSA) is 111 Å². The number of likely N-dealkylation sites (N-methyl/N-ethyl adjacent to an activating group) is 1. The van der Waals surface area contributed by atoms with E-state index in [1.807, 2.05) is 21.1 Å². The second-order valence-electron chi connectivity index (χ2n) is 21.6. The van der Waals surface area contributed by atoms with E-state index in [2.05, 4.69) is 74.6 Å². The molecule has 0 spiro atoms. The summed E-state index contributed by atoms with van der Waals surface area (Å²) >= 11 is 0. The van der Waals surface area contributed by atoms with Gasteiger partial charge in [-0.15, -0.1) is 0 Å². The molecule has 0 aromatic carbocycles. The average Bonchev–Trinajstić information content (AvgIpc) is 3.36. The van der Waals surface area contributed by atoms with Crippen molar-refractivity contribution in [3.8, 4) is 0 Å². The lowest BCUT2D eigenvalue weighted by molar-refractivity contribution is -0.870. The molecular weight excluding hydrogens is 911 g/mol. The van der Waals surface area contributed by atoms with Crippen molar-refractivity contribution in [2.45, 2.75) is 283 Å². The highest BCUT2D eigenvalue weighted by molar-refractivity contribution is 5.70. The van der Waals surface area contributed by atoms with E-state index in [4.69, 9.17) is 18.9 Å². The zero-order chi connectivity index (χ0) is 53.4. The van der Waals surface area contributed by atoms with Crippen molar-refractivity contribution >= 4 is 17.9 Å². The summed E-state index contributed by atoms with van der Waals surface area (Å²) in [6, 6.07) is 0. The lowest BCUT2D eigenvalue weighted by Crippen LogP contribution is -2.44. The molecule has 0 amide bonds. The molecule has 73 heavy (non-hydrogen) atoms. The Balaban J connectivity index is 4.21. The maximum Gasteiger partial charge on any atom is 0.306 e. The predicted octanol–water partition coefficient (Wildman–Crippen LogP) is 16.7. The molecule has 0 aliphatic heterocycles. The van der Waals surface area contributed by atoms with E-state index in [9.17, 15) is 19.5 Å². The number of carbonyl (C=O) groups is 3. The Labute approximate surface area is 450 Å². The van der Waals surface area contributed by atoms with Crippen molar-refractivity contribution in [3.63, 3.8) is 0 Å².